The molecule has 1 aromatic carbocycles. The van der Waals surface area contributed by atoms with Crippen molar-refractivity contribution in [3.63, 3.8) is 0 Å². The lowest BCUT2D eigenvalue weighted by molar-refractivity contribution is -0.118. The van der Waals surface area contributed by atoms with E-state index in [1.165, 1.54) is 5.56 Å². The second-order valence-corrected chi connectivity index (χ2v) is 3.92. The second kappa shape index (κ2) is 6.23. The molecule has 0 aromatic heterocycles. The highest BCUT2D eigenvalue weighted by Gasteiger charge is 2.13. The number of nitrogens with two attached hydrogens (primary N) is 1. The molecule has 2 N–H and O–H groups in total. The number of hydrogen-bond donors (Lipinski definition) is 1. The van der Waals surface area contributed by atoms with Crippen molar-refractivity contribution in [1.29, 1.82) is 0 Å². The van der Waals surface area contributed by atoms with Gasteiger partial charge in [0.05, 0.1) is 0 Å². The van der Waals surface area contributed by atoms with E-state index in [9.17, 15) is 4.79 Å². The second-order valence-electron chi connectivity index (χ2n) is 3.92. The van der Waals surface area contributed by atoms with Gasteiger partial charge in [0, 0.05) is 6.42 Å². The van der Waals surface area contributed by atoms with Crippen LogP contribution in [0, 0.1) is 0 Å². The third kappa shape index (κ3) is 4.15. The van der Waals surface area contributed by atoms with Gasteiger partial charge >= 0.3 is 0 Å². The molecule has 1 rings (SSSR count). The maximum Gasteiger partial charge on any atom is 0.218 e. The van der Waals surface area contributed by atoms with Crippen molar-refractivity contribution in [1.82, 2.24) is 0 Å². The van der Waals surface area contributed by atoms with E-state index >= 15 is 0 Å². The topological polar surface area (TPSA) is 43.1 Å². The summed E-state index contributed by atoms with van der Waals surface area (Å²) in [6, 6.07) is 10.2. The van der Waals surface area contributed by atoms with Gasteiger partial charge in [0.2, 0.25) is 5.91 Å². The van der Waals surface area contributed by atoms with Gasteiger partial charge in [-0.2, -0.15) is 0 Å². The van der Waals surface area contributed by atoms with E-state index in [1.54, 1.807) is 0 Å². The van der Waals surface area contributed by atoms with Crippen molar-refractivity contribution in [2.45, 2.75) is 38.5 Å². The summed E-state index contributed by atoms with van der Waals surface area (Å²) in [6.07, 6.45) is 3.81. The Labute approximate surface area is 91.5 Å². The molecule has 2 heteroatoms. The maximum atomic E-state index is 11.0. The van der Waals surface area contributed by atoms with Crippen LogP contribution in [0.5, 0.6) is 0 Å². The quantitative estimate of drug-likeness (QED) is 0.762. The average molecular weight is 205 g/mol. The van der Waals surface area contributed by atoms with Gasteiger partial charge in [0.15, 0.2) is 0 Å². The number of rotatable bonds is 6. The first-order valence-corrected chi connectivity index (χ1v) is 5.57. The van der Waals surface area contributed by atoms with Gasteiger partial charge in [-0.15, -0.1) is 0 Å². The van der Waals surface area contributed by atoms with Crippen LogP contribution in [0.3, 0.4) is 0 Å². The predicted octanol–water partition coefficient (Wildman–Crippen LogP) is 2.84. The Morgan fingerprint density at radius 3 is 2.53 bits per heavy atom. The van der Waals surface area contributed by atoms with Crippen molar-refractivity contribution in [2.24, 2.45) is 5.73 Å². The van der Waals surface area contributed by atoms with Gasteiger partial charge in [0.25, 0.3) is 0 Å². The van der Waals surface area contributed by atoms with Crippen LogP contribution in [0.4, 0.5) is 0 Å². The zero-order chi connectivity index (χ0) is 11.1. The number of hydrogen-bond acceptors (Lipinski definition) is 1. The molecule has 0 aliphatic heterocycles. The fourth-order valence-electron chi connectivity index (χ4n) is 1.81. The summed E-state index contributed by atoms with van der Waals surface area (Å²) in [6.45, 7) is 2.16. The van der Waals surface area contributed by atoms with E-state index < -0.39 is 0 Å². The molecular weight excluding hydrogens is 186 g/mol. The number of benzene rings is 1. The van der Waals surface area contributed by atoms with Gasteiger partial charge in [0.1, 0.15) is 0 Å². The smallest absolute Gasteiger partial charge is 0.218 e. The van der Waals surface area contributed by atoms with Gasteiger partial charge < -0.3 is 5.73 Å². The molecule has 0 heterocycles. The highest BCUT2D eigenvalue weighted by molar-refractivity contribution is 5.74. The first-order chi connectivity index (χ1) is 7.24. The van der Waals surface area contributed by atoms with Gasteiger partial charge in [-0.1, -0.05) is 50.1 Å². The van der Waals surface area contributed by atoms with Crippen LogP contribution in [0.1, 0.15) is 44.1 Å². The first-order valence-electron chi connectivity index (χ1n) is 5.57. The van der Waals surface area contributed by atoms with Crippen LogP contribution >= 0.6 is 0 Å². The van der Waals surface area contributed by atoms with E-state index in [0.29, 0.717) is 12.3 Å². The van der Waals surface area contributed by atoms with Crippen molar-refractivity contribution in [2.75, 3.05) is 0 Å². The molecule has 1 aromatic rings. The molecular formula is C13H19NO. The van der Waals surface area contributed by atoms with Crippen molar-refractivity contribution in [3.8, 4) is 0 Å². The largest absolute Gasteiger partial charge is 0.370 e. The molecule has 0 bridgehead atoms. The van der Waals surface area contributed by atoms with E-state index in [4.69, 9.17) is 5.73 Å². The molecule has 2 nitrogen and oxygen atoms in total. The van der Waals surface area contributed by atoms with Crippen LogP contribution in [0.25, 0.3) is 0 Å². The SMILES string of the molecule is CCCCC(CC(N)=O)c1ccccc1. The van der Waals surface area contributed by atoms with Crippen molar-refractivity contribution < 1.29 is 4.79 Å². The summed E-state index contributed by atoms with van der Waals surface area (Å²) in [5.74, 6) is 0.0867. The van der Waals surface area contributed by atoms with Crippen LogP contribution in [-0.2, 0) is 4.79 Å². The highest BCUT2D eigenvalue weighted by Crippen LogP contribution is 2.24. The molecule has 82 valence electrons. The highest BCUT2D eigenvalue weighted by atomic mass is 16.1. The monoisotopic (exact) mass is 205 g/mol. The Bertz CT molecular complexity index is 295. The molecule has 1 unspecified atom stereocenters. The molecule has 1 atom stereocenters. The van der Waals surface area contributed by atoms with Crippen LogP contribution < -0.4 is 5.73 Å². The lowest BCUT2D eigenvalue weighted by Gasteiger charge is -2.14. The average Bonchev–Trinajstić information content (AvgIpc) is 2.25. The fourth-order valence-corrected chi connectivity index (χ4v) is 1.81. The van der Waals surface area contributed by atoms with E-state index in [0.717, 1.165) is 19.3 Å². The van der Waals surface area contributed by atoms with Gasteiger partial charge in [-0.05, 0) is 17.9 Å². The van der Waals surface area contributed by atoms with Crippen molar-refractivity contribution in [3.05, 3.63) is 35.9 Å². The van der Waals surface area contributed by atoms with E-state index in [1.807, 2.05) is 18.2 Å². The normalized spacial score (nSPS) is 12.3. The summed E-state index contributed by atoms with van der Waals surface area (Å²) in [5, 5.41) is 0. The molecule has 0 spiro atoms. The van der Waals surface area contributed by atoms with E-state index in [-0.39, 0.29) is 5.91 Å². The Balaban J connectivity index is 2.67. The number of amides is 1. The number of primary amides is 1. The lowest BCUT2D eigenvalue weighted by Crippen LogP contribution is -2.15. The summed E-state index contributed by atoms with van der Waals surface area (Å²) in [4.78, 5) is 11.0. The summed E-state index contributed by atoms with van der Waals surface area (Å²) in [7, 11) is 0. The minimum Gasteiger partial charge on any atom is -0.370 e. The molecule has 0 saturated carbocycles. The fraction of sp³-hybridized carbons (Fsp3) is 0.462. The molecule has 0 aliphatic rings. The Kier molecular flexibility index (Phi) is 4.88. The Morgan fingerprint density at radius 2 is 2.00 bits per heavy atom. The van der Waals surface area contributed by atoms with Crippen LogP contribution in [-0.4, -0.2) is 5.91 Å². The number of carbonyl (C=O) groups excluding carboxylic acids is 1. The predicted molar refractivity (Wildman–Crippen MR) is 62.5 cm³/mol. The van der Waals surface area contributed by atoms with Gasteiger partial charge in [-0.25, -0.2) is 0 Å². The maximum absolute atomic E-state index is 11.0. The molecule has 0 fully saturated rings. The standard InChI is InChI=1S/C13H19NO/c1-2-3-7-12(10-13(14)15)11-8-5-4-6-9-11/h4-6,8-9,12H,2-3,7,10H2,1H3,(H2,14,15). The van der Waals surface area contributed by atoms with Crippen LogP contribution in [0.2, 0.25) is 0 Å². The molecule has 0 aliphatic carbocycles. The minimum atomic E-state index is -0.208. The summed E-state index contributed by atoms with van der Waals surface area (Å²) in [5.41, 5.74) is 6.49. The minimum absolute atomic E-state index is 0.208. The zero-order valence-corrected chi connectivity index (χ0v) is 9.28. The zero-order valence-electron chi connectivity index (χ0n) is 9.28. The molecule has 15 heavy (non-hydrogen) atoms. The number of unbranched alkanes of at least 4 members (excludes halogenated alkanes) is 1. The Hall–Kier alpha value is -1.31. The lowest BCUT2D eigenvalue weighted by atomic mass is 9.90. The van der Waals surface area contributed by atoms with Gasteiger partial charge in [-0.3, -0.25) is 4.79 Å². The third-order valence-corrected chi connectivity index (χ3v) is 2.62. The molecule has 1 amide bonds. The van der Waals surface area contributed by atoms with E-state index in [2.05, 4.69) is 19.1 Å². The Morgan fingerprint density at radius 1 is 1.33 bits per heavy atom. The number of carbonyl (C=O) groups is 1. The van der Waals surface area contributed by atoms with Crippen LogP contribution in [0.15, 0.2) is 30.3 Å². The third-order valence-electron chi connectivity index (χ3n) is 2.62. The first kappa shape index (κ1) is 11.8. The summed E-state index contributed by atoms with van der Waals surface area (Å²) < 4.78 is 0. The molecule has 0 radical (unpaired) electrons. The van der Waals surface area contributed by atoms with Crippen molar-refractivity contribution >= 4 is 5.91 Å². The molecule has 0 saturated heterocycles. The summed E-state index contributed by atoms with van der Waals surface area (Å²) >= 11 is 0.